The number of aryl methyl sites for hydroxylation is 1. The molecule has 122 valence electrons. The van der Waals surface area contributed by atoms with E-state index in [0.29, 0.717) is 21.7 Å². The van der Waals surface area contributed by atoms with E-state index in [9.17, 15) is 4.79 Å². The van der Waals surface area contributed by atoms with Gasteiger partial charge in [0.25, 0.3) is 5.91 Å². The van der Waals surface area contributed by atoms with Crippen LogP contribution in [0.15, 0.2) is 16.5 Å². The molecular formula is C15H18N4O3S. The fourth-order valence-electron chi connectivity index (χ4n) is 3.27. The van der Waals surface area contributed by atoms with Crippen molar-refractivity contribution in [2.24, 2.45) is 5.92 Å². The first kappa shape index (κ1) is 14.6. The minimum atomic E-state index is -0.0368. The Labute approximate surface area is 137 Å². The quantitative estimate of drug-likeness (QED) is 0.922. The highest BCUT2D eigenvalue weighted by molar-refractivity contribution is 7.15. The van der Waals surface area contributed by atoms with Crippen molar-refractivity contribution >= 4 is 17.2 Å². The predicted molar refractivity (Wildman–Crippen MR) is 83.8 cm³/mol. The van der Waals surface area contributed by atoms with Gasteiger partial charge in [0.2, 0.25) is 5.89 Å². The molecule has 0 aliphatic carbocycles. The van der Waals surface area contributed by atoms with Gasteiger partial charge in [-0.2, -0.15) is 0 Å². The molecule has 1 amide bonds. The highest BCUT2D eigenvalue weighted by Gasteiger charge is 2.35. The van der Waals surface area contributed by atoms with Crippen LogP contribution in [0.25, 0.3) is 0 Å². The molecule has 23 heavy (non-hydrogen) atoms. The lowest BCUT2D eigenvalue weighted by Gasteiger charge is -2.44. The number of carbonyl (C=O) groups is 1. The SMILES string of the molecule is Cc1nnc(Oc2ccc(C(=O)N[C@H]3CN4CCC3CC4)s2)o1. The highest BCUT2D eigenvalue weighted by atomic mass is 32.1. The lowest BCUT2D eigenvalue weighted by Crippen LogP contribution is -2.57. The van der Waals surface area contributed by atoms with Gasteiger partial charge >= 0.3 is 6.08 Å². The van der Waals surface area contributed by atoms with E-state index in [4.69, 9.17) is 9.15 Å². The molecular weight excluding hydrogens is 316 g/mol. The fourth-order valence-corrected chi connectivity index (χ4v) is 4.02. The zero-order chi connectivity index (χ0) is 15.8. The summed E-state index contributed by atoms with van der Waals surface area (Å²) in [5.41, 5.74) is 0. The summed E-state index contributed by atoms with van der Waals surface area (Å²) in [5, 5.41) is 11.2. The number of piperidine rings is 3. The van der Waals surface area contributed by atoms with E-state index in [0.717, 1.165) is 19.6 Å². The number of thiophene rings is 1. The maximum Gasteiger partial charge on any atom is 0.421 e. The van der Waals surface area contributed by atoms with Crippen molar-refractivity contribution < 1.29 is 13.9 Å². The number of nitrogens with one attached hydrogen (secondary N) is 1. The van der Waals surface area contributed by atoms with Gasteiger partial charge in [0, 0.05) is 19.5 Å². The van der Waals surface area contributed by atoms with Gasteiger partial charge in [-0.25, -0.2) is 0 Å². The maximum absolute atomic E-state index is 12.4. The Morgan fingerprint density at radius 1 is 1.39 bits per heavy atom. The van der Waals surface area contributed by atoms with E-state index in [1.165, 1.54) is 24.2 Å². The molecule has 2 aromatic heterocycles. The van der Waals surface area contributed by atoms with Crippen LogP contribution in [0.5, 0.6) is 11.1 Å². The molecule has 5 rings (SSSR count). The average Bonchev–Trinajstić information content (AvgIpc) is 3.18. The summed E-state index contributed by atoms with van der Waals surface area (Å²) in [6, 6.07) is 3.77. The van der Waals surface area contributed by atoms with Crippen LogP contribution in [0.1, 0.15) is 28.4 Å². The molecule has 7 nitrogen and oxygen atoms in total. The first-order chi connectivity index (χ1) is 11.2. The first-order valence-corrected chi connectivity index (χ1v) is 8.60. The van der Waals surface area contributed by atoms with Crippen molar-refractivity contribution in [3.8, 4) is 11.1 Å². The third kappa shape index (κ3) is 3.09. The van der Waals surface area contributed by atoms with E-state index in [2.05, 4.69) is 20.4 Å². The van der Waals surface area contributed by atoms with Crippen LogP contribution in [0.3, 0.4) is 0 Å². The van der Waals surface area contributed by atoms with E-state index in [-0.39, 0.29) is 18.0 Å². The second-order valence-corrected chi connectivity index (χ2v) is 7.07. The van der Waals surface area contributed by atoms with Crippen molar-refractivity contribution in [1.29, 1.82) is 0 Å². The van der Waals surface area contributed by atoms with Gasteiger partial charge < -0.3 is 19.4 Å². The van der Waals surface area contributed by atoms with Crippen molar-refractivity contribution in [3.63, 3.8) is 0 Å². The van der Waals surface area contributed by atoms with Crippen LogP contribution in [0.4, 0.5) is 0 Å². The summed E-state index contributed by atoms with van der Waals surface area (Å²) < 4.78 is 10.6. The molecule has 0 saturated carbocycles. The molecule has 3 saturated heterocycles. The number of aromatic nitrogens is 2. The zero-order valence-electron chi connectivity index (χ0n) is 12.8. The van der Waals surface area contributed by atoms with Crippen LogP contribution < -0.4 is 10.1 Å². The third-order valence-electron chi connectivity index (χ3n) is 4.47. The summed E-state index contributed by atoms with van der Waals surface area (Å²) in [7, 11) is 0. The second kappa shape index (κ2) is 5.93. The van der Waals surface area contributed by atoms with Crippen molar-refractivity contribution in [3.05, 3.63) is 22.9 Å². The van der Waals surface area contributed by atoms with Crippen molar-refractivity contribution in [2.75, 3.05) is 19.6 Å². The number of rotatable bonds is 4. The Kier molecular flexibility index (Phi) is 3.78. The molecule has 0 aromatic carbocycles. The number of carbonyl (C=O) groups excluding carboxylic acids is 1. The summed E-state index contributed by atoms with van der Waals surface area (Å²) in [6.45, 7) is 4.99. The Bertz CT molecular complexity index is 705. The Morgan fingerprint density at radius 3 is 2.87 bits per heavy atom. The molecule has 2 aromatic rings. The zero-order valence-corrected chi connectivity index (χ0v) is 13.6. The minimum absolute atomic E-state index is 0.0368. The lowest BCUT2D eigenvalue weighted by molar-refractivity contribution is 0.0622. The molecule has 2 bridgehead atoms. The average molecular weight is 334 g/mol. The van der Waals surface area contributed by atoms with E-state index < -0.39 is 0 Å². The van der Waals surface area contributed by atoms with E-state index in [1.54, 1.807) is 19.1 Å². The number of nitrogens with zero attached hydrogens (tertiary/aromatic N) is 3. The lowest BCUT2D eigenvalue weighted by atomic mass is 9.84. The van der Waals surface area contributed by atoms with Crippen LogP contribution in [-0.4, -0.2) is 46.7 Å². The molecule has 1 atom stereocenters. The van der Waals surface area contributed by atoms with Crippen LogP contribution >= 0.6 is 11.3 Å². The summed E-state index contributed by atoms with van der Waals surface area (Å²) in [4.78, 5) is 15.5. The number of hydrogen-bond acceptors (Lipinski definition) is 7. The standard InChI is InChI=1S/C15H18N4O3S/c1-9-17-18-15(21-9)22-13-3-2-12(23-13)14(20)16-11-8-19-6-4-10(11)5-7-19/h2-3,10-11H,4-8H2,1H3,(H,16,20)/t11-/m0/s1. The van der Waals surface area contributed by atoms with Gasteiger partial charge in [0.1, 0.15) is 0 Å². The number of hydrogen-bond donors (Lipinski definition) is 1. The monoisotopic (exact) mass is 334 g/mol. The smallest absolute Gasteiger partial charge is 0.399 e. The normalized spacial score (nSPS) is 26.2. The summed E-state index contributed by atoms with van der Waals surface area (Å²) in [6.07, 6.45) is 2.45. The largest absolute Gasteiger partial charge is 0.421 e. The van der Waals surface area contributed by atoms with Crippen LogP contribution in [0.2, 0.25) is 0 Å². The van der Waals surface area contributed by atoms with Gasteiger partial charge in [0.15, 0.2) is 5.06 Å². The molecule has 0 unspecified atom stereocenters. The molecule has 0 spiro atoms. The van der Waals surface area contributed by atoms with Crippen molar-refractivity contribution in [2.45, 2.75) is 25.8 Å². The van der Waals surface area contributed by atoms with E-state index in [1.807, 2.05) is 0 Å². The first-order valence-electron chi connectivity index (χ1n) is 7.78. The van der Waals surface area contributed by atoms with Gasteiger partial charge in [-0.15, -0.1) is 5.10 Å². The molecule has 0 radical (unpaired) electrons. The molecule has 3 aliphatic heterocycles. The Hall–Kier alpha value is -1.93. The minimum Gasteiger partial charge on any atom is -0.399 e. The highest BCUT2D eigenvalue weighted by Crippen LogP contribution is 2.30. The van der Waals surface area contributed by atoms with E-state index >= 15 is 0 Å². The van der Waals surface area contributed by atoms with Gasteiger partial charge in [0.05, 0.1) is 4.88 Å². The molecule has 3 aliphatic rings. The Morgan fingerprint density at radius 2 is 2.22 bits per heavy atom. The van der Waals surface area contributed by atoms with Crippen LogP contribution in [0, 0.1) is 12.8 Å². The van der Waals surface area contributed by atoms with Gasteiger partial charge in [-0.1, -0.05) is 16.4 Å². The molecule has 5 heterocycles. The maximum atomic E-state index is 12.4. The van der Waals surface area contributed by atoms with Crippen molar-refractivity contribution in [1.82, 2.24) is 20.4 Å². The van der Waals surface area contributed by atoms with Gasteiger partial charge in [-0.05, 0) is 44.0 Å². The number of amides is 1. The molecule has 3 fully saturated rings. The Balaban J connectivity index is 1.39. The number of ether oxygens (including phenoxy) is 1. The van der Waals surface area contributed by atoms with Gasteiger partial charge in [-0.3, -0.25) is 4.79 Å². The summed E-state index contributed by atoms with van der Waals surface area (Å²) in [5.74, 6) is 1.02. The topological polar surface area (TPSA) is 80.5 Å². The molecule has 1 N–H and O–H groups in total. The second-order valence-electron chi connectivity index (χ2n) is 6.03. The van der Waals surface area contributed by atoms with Crippen LogP contribution in [-0.2, 0) is 0 Å². The number of fused-ring (bicyclic) bond motifs is 3. The predicted octanol–water partition coefficient (Wildman–Crippen LogP) is 2.06. The molecule has 8 heteroatoms. The third-order valence-corrected chi connectivity index (χ3v) is 5.44. The fraction of sp³-hybridized carbons (Fsp3) is 0.533. The summed E-state index contributed by atoms with van der Waals surface area (Å²) >= 11 is 1.28.